The quantitative estimate of drug-likeness (QED) is 0.506. The minimum Gasteiger partial charge on any atom is -1.00 e. The molecule has 0 spiro atoms. The van der Waals surface area contributed by atoms with E-state index < -0.39 is 23.2 Å². The van der Waals surface area contributed by atoms with Crippen LogP contribution in [-0.4, -0.2) is 4.57 Å². The van der Waals surface area contributed by atoms with Gasteiger partial charge >= 0.3 is 154 Å². The third-order valence-electron chi connectivity index (χ3n) is 4.88. The molecule has 0 fully saturated rings. The predicted octanol–water partition coefficient (Wildman–Crippen LogP) is -0.372. The predicted molar refractivity (Wildman–Crippen MR) is 97.1 cm³/mol. The standard InChI is InChI=1S/C17H12N.C5H5.2ClH.Zr/c1-2-7-15-12-16(11-14(15)6-1)18-10-9-13-5-3-4-8-17(13)18;1-2-4-5-3-1;;;/h1-12H;1-3H,4H2;2*1H;/q;;;;+2/p-2. The fourth-order valence-corrected chi connectivity index (χ4v) is 7.62. The SMILES string of the molecule is C1=CC[C]([Zr+2][CH]2C(n3ccc4ccccc43)=Cc3ccccc32)=C1.[Cl-].[Cl-]. The van der Waals surface area contributed by atoms with E-state index in [4.69, 9.17) is 0 Å². The monoisotopic (exact) mass is 455 g/mol. The normalized spacial score (nSPS) is 17.0. The minimum absolute atomic E-state index is 0. The summed E-state index contributed by atoms with van der Waals surface area (Å²) in [6.07, 6.45) is 12.7. The second kappa shape index (κ2) is 8.13. The molecule has 0 saturated heterocycles. The molecule has 5 rings (SSSR count). The van der Waals surface area contributed by atoms with Gasteiger partial charge in [0.05, 0.1) is 0 Å². The third kappa shape index (κ3) is 3.31. The van der Waals surface area contributed by atoms with Gasteiger partial charge in [-0.3, -0.25) is 0 Å². The first-order chi connectivity index (χ1) is 11.9. The molecule has 3 aromatic rings. The van der Waals surface area contributed by atoms with Gasteiger partial charge in [-0.05, 0) is 0 Å². The molecule has 2 aliphatic rings. The van der Waals surface area contributed by atoms with Gasteiger partial charge in [0.2, 0.25) is 0 Å². The molecule has 0 amide bonds. The Labute approximate surface area is 177 Å². The number of rotatable bonds is 3. The van der Waals surface area contributed by atoms with E-state index >= 15 is 0 Å². The fourth-order valence-electron chi connectivity index (χ4n) is 3.72. The molecular formula is C22H17Cl2NZr. The topological polar surface area (TPSA) is 4.93 Å². The summed E-state index contributed by atoms with van der Waals surface area (Å²) in [6.45, 7) is 0. The number of para-hydroxylation sites is 1. The third-order valence-corrected chi connectivity index (χ3v) is 8.91. The molecule has 0 N–H and O–H groups in total. The number of nitrogens with zero attached hydrogens (tertiary/aromatic N) is 1. The Morgan fingerprint density at radius 1 is 0.923 bits per heavy atom. The summed E-state index contributed by atoms with van der Waals surface area (Å²) >= 11 is -0.700. The Hall–Kier alpha value is -1.34. The van der Waals surface area contributed by atoms with Crippen molar-refractivity contribution in [3.63, 3.8) is 0 Å². The molecule has 1 nitrogen and oxygen atoms in total. The van der Waals surface area contributed by atoms with E-state index in [1.165, 1.54) is 34.1 Å². The molecule has 26 heavy (non-hydrogen) atoms. The molecule has 0 saturated carbocycles. The average molecular weight is 458 g/mol. The van der Waals surface area contributed by atoms with Gasteiger partial charge in [0.15, 0.2) is 0 Å². The molecule has 0 radical (unpaired) electrons. The number of hydrogen-bond acceptors (Lipinski definition) is 0. The van der Waals surface area contributed by atoms with Crippen molar-refractivity contribution < 1.29 is 48.0 Å². The van der Waals surface area contributed by atoms with Gasteiger partial charge in [-0.1, -0.05) is 0 Å². The number of benzene rings is 2. The zero-order valence-corrected chi connectivity index (χ0v) is 18.0. The summed E-state index contributed by atoms with van der Waals surface area (Å²) in [5.74, 6) is 0. The van der Waals surface area contributed by atoms with Crippen molar-refractivity contribution in [3.05, 3.63) is 93.4 Å². The van der Waals surface area contributed by atoms with Crippen LogP contribution in [0.4, 0.5) is 0 Å². The van der Waals surface area contributed by atoms with E-state index in [0.717, 1.165) is 0 Å². The second-order valence-electron chi connectivity index (χ2n) is 6.34. The minimum atomic E-state index is -0.700. The Balaban J connectivity index is 0.000000980. The molecule has 2 aliphatic carbocycles. The number of hydrogen-bond donors (Lipinski definition) is 0. The maximum absolute atomic E-state index is 2.42. The van der Waals surface area contributed by atoms with Gasteiger partial charge in [-0.15, -0.1) is 0 Å². The van der Waals surface area contributed by atoms with Crippen LogP contribution in [-0.2, 0) is 23.2 Å². The molecule has 1 atom stereocenters. The zero-order chi connectivity index (χ0) is 15.9. The molecule has 0 bridgehead atoms. The van der Waals surface area contributed by atoms with E-state index in [-0.39, 0.29) is 24.8 Å². The summed E-state index contributed by atoms with van der Waals surface area (Å²) < 4.78 is 4.72. The van der Waals surface area contributed by atoms with Gasteiger partial charge in [-0.25, -0.2) is 0 Å². The van der Waals surface area contributed by atoms with Crippen molar-refractivity contribution in [2.24, 2.45) is 0 Å². The van der Waals surface area contributed by atoms with Crippen molar-refractivity contribution in [2.45, 2.75) is 10.0 Å². The molecule has 1 heterocycles. The first-order valence-electron chi connectivity index (χ1n) is 8.39. The van der Waals surface area contributed by atoms with Crippen LogP contribution in [0.1, 0.15) is 21.2 Å². The number of halogens is 2. The summed E-state index contributed by atoms with van der Waals surface area (Å²) in [5, 5.41) is 1.32. The smallest absolute Gasteiger partial charge is 1.00 e. The number of aromatic nitrogens is 1. The maximum Gasteiger partial charge on any atom is -1.00 e. The van der Waals surface area contributed by atoms with Crippen LogP contribution in [0.3, 0.4) is 0 Å². The number of allylic oxidation sites excluding steroid dienone is 5. The first-order valence-corrected chi connectivity index (χ1v) is 11.0. The zero-order valence-electron chi connectivity index (χ0n) is 14.1. The van der Waals surface area contributed by atoms with E-state index in [2.05, 4.69) is 89.7 Å². The summed E-state index contributed by atoms with van der Waals surface area (Å²) in [5.41, 5.74) is 5.73. The summed E-state index contributed by atoms with van der Waals surface area (Å²) in [4.78, 5) is 0. The molecule has 1 unspecified atom stereocenters. The van der Waals surface area contributed by atoms with E-state index in [0.29, 0.717) is 3.63 Å². The fraction of sp³-hybridized carbons (Fsp3) is 0.0909. The van der Waals surface area contributed by atoms with E-state index in [1.54, 1.807) is 3.28 Å². The van der Waals surface area contributed by atoms with Crippen LogP contribution in [0.15, 0.2) is 82.3 Å². The van der Waals surface area contributed by atoms with E-state index in [9.17, 15) is 0 Å². The van der Waals surface area contributed by atoms with Gasteiger partial charge < -0.3 is 24.8 Å². The van der Waals surface area contributed by atoms with Crippen molar-refractivity contribution in [3.8, 4) is 0 Å². The van der Waals surface area contributed by atoms with Crippen molar-refractivity contribution >= 4 is 22.7 Å². The second-order valence-corrected chi connectivity index (χ2v) is 10.1. The Kier molecular flexibility index (Phi) is 6.07. The molecule has 2 aromatic carbocycles. The van der Waals surface area contributed by atoms with Crippen LogP contribution in [0.5, 0.6) is 0 Å². The first kappa shape index (κ1) is 19.4. The Morgan fingerprint density at radius 3 is 2.58 bits per heavy atom. The van der Waals surface area contributed by atoms with Crippen LogP contribution in [0.25, 0.3) is 22.7 Å². The molecule has 0 aliphatic heterocycles. The largest absolute Gasteiger partial charge is 1.00 e. The van der Waals surface area contributed by atoms with Crippen molar-refractivity contribution in [1.29, 1.82) is 0 Å². The van der Waals surface area contributed by atoms with Crippen LogP contribution >= 0.6 is 0 Å². The molecule has 4 heteroatoms. The summed E-state index contributed by atoms with van der Waals surface area (Å²) in [6, 6.07) is 19.9. The van der Waals surface area contributed by atoms with Crippen molar-refractivity contribution in [2.75, 3.05) is 0 Å². The van der Waals surface area contributed by atoms with Gasteiger partial charge in [-0.2, -0.15) is 0 Å². The molecular weight excluding hydrogens is 440 g/mol. The van der Waals surface area contributed by atoms with Gasteiger partial charge in [0, 0.05) is 0 Å². The van der Waals surface area contributed by atoms with Crippen molar-refractivity contribution in [1.82, 2.24) is 4.57 Å². The Morgan fingerprint density at radius 2 is 1.73 bits per heavy atom. The average Bonchev–Trinajstić information content (AvgIpc) is 3.34. The van der Waals surface area contributed by atoms with Crippen LogP contribution in [0, 0.1) is 0 Å². The van der Waals surface area contributed by atoms with Gasteiger partial charge in [0.1, 0.15) is 0 Å². The van der Waals surface area contributed by atoms with Gasteiger partial charge in [0.25, 0.3) is 0 Å². The summed E-state index contributed by atoms with van der Waals surface area (Å²) in [7, 11) is 0. The van der Waals surface area contributed by atoms with E-state index in [1.807, 2.05) is 0 Å². The molecule has 128 valence electrons. The van der Waals surface area contributed by atoms with Crippen LogP contribution in [0.2, 0.25) is 0 Å². The number of fused-ring (bicyclic) bond motifs is 2. The van der Waals surface area contributed by atoms with Crippen LogP contribution < -0.4 is 24.8 Å². The maximum atomic E-state index is 2.42. The molecule has 1 aromatic heterocycles. The Bertz CT molecular complexity index is 1030.